The van der Waals surface area contributed by atoms with E-state index in [1.807, 2.05) is 30.3 Å². The Morgan fingerprint density at radius 1 is 1.00 bits per heavy atom. The van der Waals surface area contributed by atoms with Gasteiger partial charge in [0.2, 0.25) is 0 Å². The third kappa shape index (κ3) is 3.95. The van der Waals surface area contributed by atoms with Crippen molar-refractivity contribution in [2.75, 3.05) is 12.4 Å². The molecule has 1 N–H and O–H groups in total. The number of carbonyl (C=O) groups is 2. The molecule has 0 saturated carbocycles. The van der Waals surface area contributed by atoms with Crippen molar-refractivity contribution in [3.8, 4) is 11.8 Å². The lowest BCUT2D eigenvalue weighted by molar-refractivity contribution is -0.111. The van der Waals surface area contributed by atoms with Crippen molar-refractivity contribution in [2.45, 2.75) is 0 Å². The van der Waals surface area contributed by atoms with Gasteiger partial charge in [0.15, 0.2) is 0 Å². The zero-order valence-electron chi connectivity index (χ0n) is 11.4. The number of carbonyl (C=O) groups excluding carboxylic acids is 2. The Hall–Kier alpha value is -3.06. The van der Waals surface area contributed by atoms with E-state index in [9.17, 15) is 9.59 Å². The van der Waals surface area contributed by atoms with Crippen molar-refractivity contribution >= 4 is 17.6 Å². The summed E-state index contributed by atoms with van der Waals surface area (Å²) in [5.74, 6) is 4.23. The Morgan fingerprint density at radius 3 is 2.38 bits per heavy atom. The third-order valence-electron chi connectivity index (χ3n) is 2.67. The summed E-state index contributed by atoms with van der Waals surface area (Å²) < 4.78 is 4.66. The number of anilines is 1. The van der Waals surface area contributed by atoms with Crippen LogP contribution in [0.2, 0.25) is 0 Å². The van der Waals surface area contributed by atoms with Gasteiger partial charge in [-0.15, -0.1) is 0 Å². The number of amides is 1. The molecule has 4 heteroatoms. The lowest BCUT2D eigenvalue weighted by atomic mass is 10.2. The van der Waals surface area contributed by atoms with Crippen LogP contribution < -0.4 is 5.32 Å². The first-order valence-corrected chi connectivity index (χ1v) is 6.26. The van der Waals surface area contributed by atoms with Gasteiger partial charge in [0.1, 0.15) is 0 Å². The summed E-state index contributed by atoms with van der Waals surface area (Å²) in [6.07, 6.45) is 0. The number of ether oxygens (including phenoxy) is 1. The molecule has 4 nitrogen and oxygen atoms in total. The number of benzene rings is 2. The molecule has 0 fully saturated rings. The summed E-state index contributed by atoms with van der Waals surface area (Å²) in [6, 6.07) is 15.8. The number of rotatable bonds is 2. The van der Waals surface area contributed by atoms with E-state index in [1.165, 1.54) is 7.11 Å². The fourth-order valence-electron chi connectivity index (χ4n) is 1.68. The Bertz CT molecular complexity index is 712. The maximum Gasteiger partial charge on any atom is 0.339 e. The van der Waals surface area contributed by atoms with Gasteiger partial charge < -0.3 is 10.1 Å². The van der Waals surface area contributed by atoms with E-state index in [4.69, 9.17) is 0 Å². The predicted octanol–water partition coefficient (Wildman–Crippen LogP) is 2.46. The van der Waals surface area contributed by atoms with Gasteiger partial charge in [0.05, 0.1) is 18.4 Å². The summed E-state index contributed by atoms with van der Waals surface area (Å²) in [5, 5.41) is 2.58. The molecule has 104 valence electrons. The van der Waals surface area contributed by atoms with Crippen LogP contribution >= 0.6 is 0 Å². The molecule has 21 heavy (non-hydrogen) atoms. The van der Waals surface area contributed by atoms with Gasteiger partial charge >= 0.3 is 11.9 Å². The SMILES string of the molecule is COC(=O)c1ccccc1NC(=O)C#Cc1ccccc1. The maximum absolute atomic E-state index is 11.8. The molecule has 0 bridgehead atoms. The number of methoxy groups -OCH3 is 1. The van der Waals surface area contributed by atoms with Crippen molar-refractivity contribution < 1.29 is 14.3 Å². The summed E-state index contributed by atoms with van der Waals surface area (Å²) >= 11 is 0. The van der Waals surface area contributed by atoms with Crippen LogP contribution in [0.3, 0.4) is 0 Å². The zero-order valence-corrected chi connectivity index (χ0v) is 11.4. The lowest BCUT2D eigenvalue weighted by Gasteiger charge is -2.06. The van der Waals surface area contributed by atoms with Crippen LogP contribution in [0.5, 0.6) is 0 Å². The van der Waals surface area contributed by atoms with Crippen molar-refractivity contribution in [3.05, 3.63) is 65.7 Å². The monoisotopic (exact) mass is 279 g/mol. The minimum absolute atomic E-state index is 0.287. The average Bonchev–Trinajstić information content (AvgIpc) is 2.54. The smallest absolute Gasteiger partial charge is 0.339 e. The van der Waals surface area contributed by atoms with E-state index in [0.717, 1.165) is 5.56 Å². The second-order valence-corrected chi connectivity index (χ2v) is 4.11. The molecule has 0 heterocycles. The van der Waals surface area contributed by atoms with E-state index in [2.05, 4.69) is 21.9 Å². The van der Waals surface area contributed by atoms with Crippen LogP contribution in [0.25, 0.3) is 0 Å². The van der Waals surface area contributed by atoms with E-state index in [-0.39, 0.29) is 5.56 Å². The molecule has 2 aromatic carbocycles. The summed E-state index contributed by atoms with van der Waals surface area (Å²) in [7, 11) is 1.29. The van der Waals surface area contributed by atoms with Crippen molar-refractivity contribution in [1.82, 2.24) is 0 Å². The number of esters is 1. The molecule has 0 aliphatic rings. The molecule has 0 radical (unpaired) electrons. The first-order chi connectivity index (χ1) is 10.2. The molecule has 1 amide bonds. The summed E-state index contributed by atoms with van der Waals surface area (Å²) in [4.78, 5) is 23.4. The molecule has 2 rings (SSSR count). The van der Waals surface area contributed by atoms with Gasteiger partial charge in [0.25, 0.3) is 0 Å². The highest BCUT2D eigenvalue weighted by Crippen LogP contribution is 2.15. The Morgan fingerprint density at radius 2 is 1.67 bits per heavy atom. The quantitative estimate of drug-likeness (QED) is 0.678. The second-order valence-electron chi connectivity index (χ2n) is 4.11. The topological polar surface area (TPSA) is 55.4 Å². The van der Waals surface area contributed by atoms with Gasteiger partial charge in [-0.2, -0.15) is 0 Å². The van der Waals surface area contributed by atoms with Gasteiger partial charge in [-0.3, -0.25) is 4.79 Å². The number of hydrogen-bond acceptors (Lipinski definition) is 3. The molecule has 2 aromatic rings. The van der Waals surface area contributed by atoms with Crippen LogP contribution in [0, 0.1) is 11.8 Å². The zero-order chi connectivity index (χ0) is 15.1. The van der Waals surface area contributed by atoms with Crippen LogP contribution in [0.1, 0.15) is 15.9 Å². The van der Waals surface area contributed by atoms with Crippen LogP contribution in [-0.4, -0.2) is 19.0 Å². The summed E-state index contributed by atoms with van der Waals surface area (Å²) in [5.41, 5.74) is 1.40. The molecule has 0 aliphatic heterocycles. The lowest BCUT2D eigenvalue weighted by Crippen LogP contribution is -2.13. The maximum atomic E-state index is 11.8. The molecule has 0 aliphatic carbocycles. The highest BCUT2D eigenvalue weighted by atomic mass is 16.5. The number of hydrogen-bond donors (Lipinski definition) is 1. The first-order valence-electron chi connectivity index (χ1n) is 6.26. The number of para-hydroxylation sites is 1. The predicted molar refractivity (Wildman–Crippen MR) is 79.7 cm³/mol. The van der Waals surface area contributed by atoms with Crippen molar-refractivity contribution in [1.29, 1.82) is 0 Å². The molecule has 0 saturated heterocycles. The minimum atomic E-state index is -0.512. The highest BCUT2D eigenvalue weighted by molar-refractivity contribution is 6.08. The second kappa shape index (κ2) is 6.92. The average molecular weight is 279 g/mol. The van der Waals surface area contributed by atoms with E-state index < -0.39 is 11.9 Å². The van der Waals surface area contributed by atoms with Gasteiger partial charge in [0, 0.05) is 11.5 Å². The van der Waals surface area contributed by atoms with E-state index in [1.54, 1.807) is 24.3 Å². The normalized spacial score (nSPS) is 9.19. The first kappa shape index (κ1) is 14.4. The van der Waals surface area contributed by atoms with Gasteiger partial charge in [-0.05, 0) is 24.3 Å². The standard InChI is InChI=1S/C17H13NO3/c1-21-17(20)14-9-5-6-10-15(14)18-16(19)12-11-13-7-3-2-4-8-13/h2-10H,1H3,(H,18,19). The van der Waals surface area contributed by atoms with E-state index >= 15 is 0 Å². The highest BCUT2D eigenvalue weighted by Gasteiger charge is 2.11. The van der Waals surface area contributed by atoms with Gasteiger partial charge in [-0.1, -0.05) is 36.3 Å². The molecule has 0 aromatic heterocycles. The van der Waals surface area contributed by atoms with Crippen LogP contribution in [0.4, 0.5) is 5.69 Å². The van der Waals surface area contributed by atoms with Gasteiger partial charge in [-0.25, -0.2) is 4.79 Å². The van der Waals surface area contributed by atoms with Crippen LogP contribution in [0.15, 0.2) is 54.6 Å². The Labute approximate surface area is 122 Å². The number of nitrogens with one attached hydrogen (secondary N) is 1. The molecular formula is C17H13NO3. The minimum Gasteiger partial charge on any atom is -0.465 e. The van der Waals surface area contributed by atoms with Crippen molar-refractivity contribution in [2.24, 2.45) is 0 Å². The molecule has 0 spiro atoms. The molecule has 0 atom stereocenters. The largest absolute Gasteiger partial charge is 0.465 e. The molecule has 0 unspecified atom stereocenters. The third-order valence-corrected chi connectivity index (χ3v) is 2.67. The summed E-state index contributed by atoms with van der Waals surface area (Å²) in [6.45, 7) is 0. The Balaban J connectivity index is 2.14. The van der Waals surface area contributed by atoms with Crippen LogP contribution in [-0.2, 0) is 9.53 Å². The van der Waals surface area contributed by atoms with Crippen molar-refractivity contribution in [3.63, 3.8) is 0 Å². The fraction of sp³-hybridized carbons (Fsp3) is 0.0588. The van der Waals surface area contributed by atoms with E-state index in [0.29, 0.717) is 5.69 Å². The Kier molecular flexibility index (Phi) is 4.73. The fourth-order valence-corrected chi connectivity index (χ4v) is 1.68. The molecular weight excluding hydrogens is 266 g/mol.